The molecule has 7 N–H and O–H groups in total. The SMILES string of the molecule is CC(=O)c1cc(C(=O)NCC(C)(C)C)ccc1N1CCCCC[C@@H]1C(=O)Nc1ccc2nc(N)[nH]c2c1.CC(C)(C)CNC(=O)c1ccc(F)c(O)c1. The Morgan fingerprint density at radius 3 is 2.11 bits per heavy atom. The van der Waals surface area contributed by atoms with Crippen LogP contribution in [0.5, 0.6) is 5.75 Å². The van der Waals surface area contributed by atoms with Gasteiger partial charge in [-0.3, -0.25) is 19.2 Å². The maximum Gasteiger partial charge on any atom is 0.251 e. The summed E-state index contributed by atoms with van der Waals surface area (Å²) in [6.07, 6.45) is 3.49. The minimum atomic E-state index is -0.729. The molecule has 0 spiro atoms. The first kappa shape index (κ1) is 40.3. The van der Waals surface area contributed by atoms with Crippen LogP contribution >= 0.6 is 0 Å². The quantitative estimate of drug-likeness (QED) is 0.107. The van der Waals surface area contributed by atoms with Crippen LogP contribution in [-0.2, 0) is 4.79 Å². The van der Waals surface area contributed by atoms with Gasteiger partial charge in [0.15, 0.2) is 23.3 Å². The van der Waals surface area contributed by atoms with Crippen LogP contribution in [0.1, 0.15) is 105 Å². The summed E-state index contributed by atoms with van der Waals surface area (Å²) < 4.78 is 12.8. The minimum absolute atomic E-state index is 0.0161. The number of H-pyrrole nitrogens is 1. The highest BCUT2D eigenvalue weighted by molar-refractivity contribution is 6.05. The van der Waals surface area contributed by atoms with Crippen molar-refractivity contribution in [2.45, 2.75) is 80.2 Å². The van der Waals surface area contributed by atoms with Crippen LogP contribution in [0, 0.1) is 16.6 Å². The van der Waals surface area contributed by atoms with Crippen molar-refractivity contribution in [2.24, 2.45) is 10.8 Å². The van der Waals surface area contributed by atoms with Crippen molar-refractivity contribution in [3.05, 3.63) is 77.1 Å². The number of carbonyl (C=O) groups excluding carboxylic acids is 4. The number of imidazole rings is 1. The number of Topliss-reactive ketones (excluding diaryl/α,β-unsaturated/α-hetero) is 1. The van der Waals surface area contributed by atoms with Gasteiger partial charge in [0.25, 0.3) is 11.8 Å². The van der Waals surface area contributed by atoms with Gasteiger partial charge in [-0.1, -0.05) is 54.4 Å². The third-order valence-corrected chi connectivity index (χ3v) is 8.54. The van der Waals surface area contributed by atoms with Gasteiger partial charge in [-0.2, -0.15) is 0 Å². The molecule has 53 heavy (non-hydrogen) atoms. The van der Waals surface area contributed by atoms with E-state index in [9.17, 15) is 23.6 Å². The van der Waals surface area contributed by atoms with E-state index < -0.39 is 17.6 Å². The lowest BCUT2D eigenvalue weighted by Gasteiger charge is -2.32. The highest BCUT2D eigenvalue weighted by Crippen LogP contribution is 2.30. The smallest absolute Gasteiger partial charge is 0.251 e. The molecule has 0 saturated carbocycles. The van der Waals surface area contributed by atoms with Crippen LogP contribution in [0.25, 0.3) is 11.0 Å². The first-order valence-electron chi connectivity index (χ1n) is 17.8. The van der Waals surface area contributed by atoms with Gasteiger partial charge in [0, 0.05) is 47.7 Å². The van der Waals surface area contributed by atoms with E-state index in [1.807, 2.05) is 52.5 Å². The number of halogens is 1. The number of anilines is 3. The molecular weight excluding hydrogens is 677 g/mol. The number of phenolic OH excluding ortho intramolecular Hbond substituents is 1. The van der Waals surface area contributed by atoms with Gasteiger partial charge in [-0.25, -0.2) is 9.37 Å². The molecule has 0 bridgehead atoms. The van der Waals surface area contributed by atoms with Crippen LogP contribution in [-0.4, -0.2) is 64.3 Å². The summed E-state index contributed by atoms with van der Waals surface area (Å²) in [5, 5.41) is 17.8. The van der Waals surface area contributed by atoms with Crippen molar-refractivity contribution in [2.75, 3.05) is 35.6 Å². The molecule has 1 aromatic heterocycles. The number of nitrogen functional groups attached to an aromatic ring is 1. The Balaban J connectivity index is 0.000000328. The number of benzene rings is 3. The molecule has 1 atom stereocenters. The number of aromatic nitrogens is 2. The van der Waals surface area contributed by atoms with E-state index >= 15 is 0 Å². The molecule has 1 aliphatic rings. The van der Waals surface area contributed by atoms with E-state index in [0.29, 0.717) is 54.5 Å². The fourth-order valence-corrected chi connectivity index (χ4v) is 5.76. The first-order chi connectivity index (χ1) is 24.8. The van der Waals surface area contributed by atoms with Crippen molar-refractivity contribution < 1.29 is 28.7 Å². The zero-order valence-corrected chi connectivity index (χ0v) is 31.7. The van der Waals surface area contributed by atoms with E-state index in [4.69, 9.17) is 10.8 Å². The molecule has 0 unspecified atom stereocenters. The second kappa shape index (κ2) is 16.9. The monoisotopic (exact) mass is 729 g/mol. The average Bonchev–Trinajstić information content (AvgIpc) is 3.28. The largest absolute Gasteiger partial charge is 0.505 e. The van der Waals surface area contributed by atoms with E-state index in [-0.39, 0.29) is 39.9 Å². The number of amides is 3. The van der Waals surface area contributed by atoms with Crippen molar-refractivity contribution in [3.63, 3.8) is 0 Å². The van der Waals surface area contributed by atoms with Gasteiger partial charge in [0.1, 0.15) is 6.04 Å². The number of carbonyl (C=O) groups is 4. The molecule has 13 heteroatoms. The molecule has 0 aliphatic carbocycles. The lowest BCUT2D eigenvalue weighted by molar-refractivity contribution is -0.117. The molecule has 0 radical (unpaired) electrons. The Morgan fingerprint density at radius 2 is 1.51 bits per heavy atom. The number of hydrogen-bond donors (Lipinski definition) is 6. The fourth-order valence-electron chi connectivity index (χ4n) is 5.76. The second-order valence-electron chi connectivity index (χ2n) is 15.8. The zero-order valence-electron chi connectivity index (χ0n) is 31.7. The molecule has 1 aliphatic heterocycles. The first-order valence-corrected chi connectivity index (χ1v) is 17.8. The summed E-state index contributed by atoms with van der Waals surface area (Å²) in [5.41, 5.74) is 9.59. The maximum absolute atomic E-state index is 13.5. The van der Waals surface area contributed by atoms with Gasteiger partial charge >= 0.3 is 0 Å². The number of ketones is 1. The Morgan fingerprint density at radius 1 is 0.887 bits per heavy atom. The number of phenols is 1. The lowest BCUT2D eigenvalue weighted by Crippen LogP contribution is -2.44. The Labute approximate surface area is 310 Å². The van der Waals surface area contributed by atoms with Gasteiger partial charge in [0.2, 0.25) is 5.91 Å². The Hall–Kier alpha value is -5.46. The van der Waals surface area contributed by atoms with Gasteiger partial charge in [-0.15, -0.1) is 0 Å². The maximum atomic E-state index is 13.5. The summed E-state index contributed by atoms with van der Waals surface area (Å²) in [7, 11) is 0. The molecule has 1 saturated heterocycles. The van der Waals surface area contributed by atoms with Gasteiger partial charge in [0.05, 0.1) is 11.0 Å². The normalized spacial score (nSPS) is 14.8. The van der Waals surface area contributed by atoms with Crippen molar-refractivity contribution in [1.29, 1.82) is 0 Å². The number of aromatic hydroxyl groups is 1. The summed E-state index contributed by atoms with van der Waals surface area (Å²) in [5.74, 6) is -1.74. The fraction of sp³-hybridized carbons (Fsp3) is 0.425. The number of nitrogens with one attached hydrogen (secondary N) is 4. The summed E-state index contributed by atoms with van der Waals surface area (Å²) >= 11 is 0. The highest BCUT2D eigenvalue weighted by atomic mass is 19.1. The summed E-state index contributed by atoms with van der Waals surface area (Å²) in [6.45, 7) is 15.3. The Kier molecular flexibility index (Phi) is 12.9. The van der Waals surface area contributed by atoms with Crippen molar-refractivity contribution in [3.8, 4) is 5.75 Å². The van der Waals surface area contributed by atoms with Crippen LogP contribution in [0.4, 0.5) is 21.7 Å². The molecule has 284 valence electrons. The van der Waals surface area contributed by atoms with E-state index in [1.165, 1.54) is 13.0 Å². The number of nitrogens with zero attached hydrogens (tertiary/aromatic N) is 2. The molecule has 1 fully saturated rings. The molecule has 2 heterocycles. The van der Waals surface area contributed by atoms with Crippen molar-refractivity contribution >= 4 is 51.9 Å². The van der Waals surface area contributed by atoms with Gasteiger partial charge < -0.3 is 36.7 Å². The van der Waals surface area contributed by atoms with Crippen LogP contribution in [0.2, 0.25) is 0 Å². The molecule has 5 rings (SSSR count). The highest BCUT2D eigenvalue weighted by Gasteiger charge is 2.30. The van der Waals surface area contributed by atoms with E-state index in [1.54, 1.807) is 30.3 Å². The molecule has 3 amide bonds. The average molecular weight is 730 g/mol. The number of hydrogen-bond acceptors (Lipinski definition) is 8. The number of nitrogens with two attached hydrogens (primary N) is 1. The topological polar surface area (TPSA) is 183 Å². The molecular formula is C40H52FN7O5. The predicted molar refractivity (Wildman–Crippen MR) is 207 cm³/mol. The van der Waals surface area contributed by atoms with E-state index in [2.05, 4.69) is 25.9 Å². The second-order valence-corrected chi connectivity index (χ2v) is 15.8. The number of fused-ring (bicyclic) bond motifs is 1. The lowest BCUT2D eigenvalue weighted by atomic mass is 9.96. The standard InChI is InChI=1S/C28H36N6O3.C12H16FNO2/c1-17(35)20-14-18(25(36)30-16-28(2,3)4)9-12-23(20)34-13-7-5-6-8-24(34)26(37)31-19-10-11-21-22(15-19)33-27(29)32-21;1-12(2,3)7-14-11(16)8-4-5-9(13)10(15)6-8/h9-12,14-15,24H,5-8,13,16H2,1-4H3,(H,30,36)(H,31,37)(H3,29,32,33);4-6,15H,7H2,1-3H3,(H,14,16)/t24-;/m1./s1. The third kappa shape index (κ3) is 11.5. The molecule has 3 aromatic carbocycles. The number of rotatable bonds is 8. The van der Waals surface area contributed by atoms with Gasteiger partial charge in [-0.05, 0) is 85.2 Å². The Bertz CT molecular complexity index is 1960. The summed E-state index contributed by atoms with van der Waals surface area (Å²) in [4.78, 5) is 59.8. The minimum Gasteiger partial charge on any atom is -0.505 e. The molecule has 12 nitrogen and oxygen atoms in total. The number of aromatic amines is 1. The zero-order chi connectivity index (χ0) is 39.1. The predicted octanol–water partition coefficient (Wildman–Crippen LogP) is 6.82. The summed E-state index contributed by atoms with van der Waals surface area (Å²) in [6, 6.07) is 13.7. The van der Waals surface area contributed by atoms with Crippen LogP contribution < -0.4 is 26.6 Å². The molecule has 4 aromatic rings. The van der Waals surface area contributed by atoms with Crippen LogP contribution in [0.15, 0.2) is 54.6 Å². The van der Waals surface area contributed by atoms with E-state index in [0.717, 1.165) is 42.4 Å². The van der Waals surface area contributed by atoms with Crippen LogP contribution in [0.3, 0.4) is 0 Å². The third-order valence-electron chi connectivity index (χ3n) is 8.54. The van der Waals surface area contributed by atoms with Crippen molar-refractivity contribution in [1.82, 2.24) is 20.6 Å².